The van der Waals surface area contributed by atoms with Crippen LogP contribution in [-0.2, 0) is 20.9 Å². The molecule has 1 aliphatic heterocycles. The first-order valence-electron chi connectivity index (χ1n) is 7.86. The van der Waals surface area contributed by atoms with E-state index in [1.54, 1.807) is 12.1 Å². The Hall–Kier alpha value is -1.72. The molecule has 2 rings (SSSR count). The summed E-state index contributed by atoms with van der Waals surface area (Å²) in [6, 6.07) is 7.22. The molecule has 0 bridgehead atoms. The van der Waals surface area contributed by atoms with E-state index in [4.69, 9.17) is 11.6 Å². The number of amides is 3. The van der Waals surface area contributed by atoms with Gasteiger partial charge in [-0.2, -0.15) is 4.48 Å². The molecule has 1 unspecified atom stereocenters. The fourth-order valence-corrected chi connectivity index (χ4v) is 3.13. The number of likely N-dealkylation sites (tertiary alicyclic amines) is 1. The van der Waals surface area contributed by atoms with Gasteiger partial charge in [0.1, 0.15) is 6.04 Å². The number of rotatable bonds is 6. The number of hydrogen-bond acceptors (Lipinski definition) is 3. The quantitative estimate of drug-likeness (QED) is 0.640. The fourth-order valence-electron chi connectivity index (χ4n) is 3.00. The molecule has 0 aliphatic carbocycles. The lowest BCUT2D eigenvalue weighted by molar-refractivity contribution is -0.780. The van der Waals surface area contributed by atoms with E-state index in [-0.39, 0.29) is 35.2 Å². The Morgan fingerprint density at radius 3 is 2.57 bits per heavy atom. The molecule has 3 amide bonds. The smallest absolute Gasteiger partial charge is 0.321 e. The van der Waals surface area contributed by atoms with Gasteiger partial charge in [0.25, 0.3) is 0 Å². The summed E-state index contributed by atoms with van der Waals surface area (Å²) in [4.78, 5) is 35.7. The Kier molecular flexibility index (Phi) is 5.91. The number of benzene rings is 1. The summed E-state index contributed by atoms with van der Waals surface area (Å²) in [6.07, 6.45) is 2.68. The number of hydrogen-bond donors (Lipinski definition) is 1. The molecule has 124 valence electrons. The van der Waals surface area contributed by atoms with Crippen molar-refractivity contribution in [3.8, 4) is 0 Å². The molecule has 6 heteroatoms. The van der Waals surface area contributed by atoms with Crippen LogP contribution in [0.15, 0.2) is 24.3 Å². The number of imide groups is 1. The third-order valence-corrected chi connectivity index (χ3v) is 4.81. The molecule has 23 heavy (non-hydrogen) atoms. The Labute approximate surface area is 141 Å². The van der Waals surface area contributed by atoms with Crippen LogP contribution in [-0.4, -0.2) is 35.3 Å². The number of nitrogens with zero attached hydrogens (tertiary/aromatic N) is 1. The molecule has 1 fully saturated rings. The second-order valence-corrected chi connectivity index (χ2v) is 6.48. The molecule has 5 nitrogen and oxygen atoms in total. The van der Waals surface area contributed by atoms with Crippen molar-refractivity contribution in [3.05, 3.63) is 34.9 Å². The van der Waals surface area contributed by atoms with Gasteiger partial charge in [-0.1, -0.05) is 23.7 Å². The Bertz CT molecular complexity index is 588. The predicted octanol–water partition coefficient (Wildman–Crippen LogP) is 2.42. The predicted molar refractivity (Wildman–Crippen MR) is 87.4 cm³/mol. The van der Waals surface area contributed by atoms with Crippen molar-refractivity contribution in [3.63, 3.8) is 0 Å². The lowest BCUT2D eigenvalue weighted by atomic mass is 10.2. The molecule has 0 spiro atoms. The average Bonchev–Trinajstić information content (AvgIpc) is 2.94. The van der Waals surface area contributed by atoms with Crippen molar-refractivity contribution >= 4 is 29.8 Å². The highest BCUT2D eigenvalue weighted by Crippen LogP contribution is 2.26. The van der Waals surface area contributed by atoms with Gasteiger partial charge in [0, 0.05) is 30.8 Å². The molecule has 1 saturated heterocycles. The molecule has 1 aromatic carbocycles. The molecular formula is C17H22ClN2O3+. The van der Waals surface area contributed by atoms with Crippen LogP contribution in [0.5, 0.6) is 0 Å². The van der Waals surface area contributed by atoms with Crippen LogP contribution in [0.1, 0.15) is 38.2 Å². The van der Waals surface area contributed by atoms with E-state index in [1.807, 2.05) is 19.1 Å². The number of nitrogens with one attached hydrogen (secondary N) is 1. The maximum atomic E-state index is 12.4. The van der Waals surface area contributed by atoms with Gasteiger partial charge in [0.05, 0.1) is 13.0 Å². The maximum Gasteiger partial charge on any atom is 0.321 e. The first-order chi connectivity index (χ1) is 11.0. The standard InChI is InChI=1S/C17H21ClN2O3/c1-13-3-2-10-20(13,12-21)17(23)9-8-16(22)19-11-14-4-6-15(18)7-5-14/h4-7,12-13H,2-3,8-11H2,1H3/p+1/t13-,20?/m1/s1. The van der Waals surface area contributed by atoms with Crippen molar-refractivity contribution in [2.24, 2.45) is 0 Å². The van der Waals surface area contributed by atoms with Crippen LogP contribution in [0, 0.1) is 0 Å². The molecule has 1 aromatic rings. The second-order valence-electron chi connectivity index (χ2n) is 6.05. The summed E-state index contributed by atoms with van der Waals surface area (Å²) in [7, 11) is 0. The van der Waals surface area contributed by atoms with Gasteiger partial charge in [-0.15, -0.1) is 0 Å². The van der Waals surface area contributed by atoms with Gasteiger partial charge in [-0.3, -0.25) is 4.79 Å². The number of halogens is 1. The molecule has 2 atom stereocenters. The topological polar surface area (TPSA) is 63.2 Å². The normalized spacial score (nSPS) is 23.5. The van der Waals surface area contributed by atoms with Gasteiger partial charge in [-0.05, 0) is 24.6 Å². The van der Waals surface area contributed by atoms with Crippen LogP contribution < -0.4 is 5.32 Å². The highest BCUT2D eigenvalue weighted by molar-refractivity contribution is 6.30. The largest absolute Gasteiger partial charge is 0.352 e. The van der Waals surface area contributed by atoms with Crippen molar-refractivity contribution in [2.45, 2.75) is 45.2 Å². The van der Waals surface area contributed by atoms with Crippen molar-refractivity contribution in [1.82, 2.24) is 5.32 Å². The van der Waals surface area contributed by atoms with Crippen LogP contribution in [0.25, 0.3) is 0 Å². The third kappa shape index (κ3) is 4.18. The molecule has 0 aromatic heterocycles. The zero-order valence-corrected chi connectivity index (χ0v) is 14.0. The molecule has 0 radical (unpaired) electrons. The average molecular weight is 338 g/mol. The van der Waals surface area contributed by atoms with Crippen LogP contribution >= 0.6 is 11.6 Å². The van der Waals surface area contributed by atoms with E-state index >= 15 is 0 Å². The highest BCUT2D eigenvalue weighted by Gasteiger charge is 2.45. The van der Waals surface area contributed by atoms with Gasteiger partial charge in [-0.25, -0.2) is 9.59 Å². The zero-order valence-electron chi connectivity index (χ0n) is 13.3. The van der Waals surface area contributed by atoms with Crippen molar-refractivity contribution < 1.29 is 18.9 Å². The summed E-state index contributed by atoms with van der Waals surface area (Å²) in [5, 5.41) is 3.42. The first-order valence-corrected chi connectivity index (χ1v) is 8.24. The SMILES string of the molecule is C[C@@H]1CCC[N+]1(C=O)C(=O)CCC(=O)NCc1ccc(Cl)cc1. The number of carbonyl (C=O) groups is 3. The molecular weight excluding hydrogens is 316 g/mol. The van der Waals surface area contributed by atoms with E-state index in [0.29, 0.717) is 18.1 Å². The van der Waals surface area contributed by atoms with Gasteiger partial charge < -0.3 is 5.32 Å². The number of carbonyl (C=O) groups excluding carboxylic acids is 3. The van der Waals surface area contributed by atoms with Crippen LogP contribution in [0.2, 0.25) is 5.02 Å². The van der Waals surface area contributed by atoms with Gasteiger partial charge in [0.2, 0.25) is 5.91 Å². The lowest BCUT2D eigenvalue weighted by Gasteiger charge is -2.28. The summed E-state index contributed by atoms with van der Waals surface area (Å²) < 4.78 is -0.134. The van der Waals surface area contributed by atoms with Crippen LogP contribution in [0.4, 0.5) is 0 Å². The van der Waals surface area contributed by atoms with E-state index in [2.05, 4.69) is 5.32 Å². The van der Waals surface area contributed by atoms with Gasteiger partial charge in [0.15, 0.2) is 0 Å². The van der Waals surface area contributed by atoms with Crippen molar-refractivity contribution in [2.75, 3.05) is 6.54 Å². The molecule has 0 saturated carbocycles. The highest BCUT2D eigenvalue weighted by atomic mass is 35.5. The van der Waals surface area contributed by atoms with Crippen molar-refractivity contribution in [1.29, 1.82) is 0 Å². The van der Waals surface area contributed by atoms with Gasteiger partial charge >= 0.3 is 12.3 Å². The first kappa shape index (κ1) is 17.6. The molecule has 1 N–H and O–H groups in total. The fraction of sp³-hybridized carbons (Fsp3) is 0.471. The Balaban J connectivity index is 1.80. The van der Waals surface area contributed by atoms with E-state index < -0.39 is 0 Å². The minimum atomic E-state index is -0.191. The maximum absolute atomic E-state index is 12.4. The summed E-state index contributed by atoms with van der Waals surface area (Å²) >= 11 is 5.80. The summed E-state index contributed by atoms with van der Waals surface area (Å²) in [5.41, 5.74) is 0.943. The Morgan fingerprint density at radius 2 is 2.00 bits per heavy atom. The lowest BCUT2D eigenvalue weighted by Crippen LogP contribution is -2.54. The summed E-state index contributed by atoms with van der Waals surface area (Å²) in [6.45, 7) is 2.87. The van der Waals surface area contributed by atoms with Crippen LogP contribution in [0.3, 0.4) is 0 Å². The summed E-state index contributed by atoms with van der Waals surface area (Å²) in [5.74, 6) is -0.351. The van der Waals surface area contributed by atoms with E-state index in [1.165, 1.54) is 0 Å². The second kappa shape index (κ2) is 7.70. The third-order valence-electron chi connectivity index (χ3n) is 4.56. The molecule has 1 heterocycles. The monoisotopic (exact) mass is 337 g/mol. The zero-order chi connectivity index (χ0) is 16.9. The minimum absolute atomic E-state index is 0.0112. The molecule has 1 aliphatic rings. The van der Waals surface area contributed by atoms with E-state index in [9.17, 15) is 14.4 Å². The Morgan fingerprint density at radius 1 is 1.30 bits per heavy atom. The number of quaternary nitrogens is 1. The van der Waals surface area contributed by atoms with E-state index in [0.717, 1.165) is 24.8 Å². The minimum Gasteiger partial charge on any atom is -0.352 e.